The van der Waals surface area contributed by atoms with Crippen LogP contribution in [0.25, 0.3) is 0 Å². The molecule has 0 bridgehead atoms. The smallest absolute Gasteiger partial charge is 0.220 e. The molecule has 9 heteroatoms. The predicted octanol–water partition coefficient (Wildman–Crippen LogP) is 11.5. The van der Waals surface area contributed by atoms with Crippen LogP contribution in [0.1, 0.15) is 258 Å². The fourth-order valence-electron chi connectivity index (χ4n) is 8.58. The molecular formula is C50H99NO8. The molecule has 1 rings (SSSR count). The molecule has 0 aromatic carbocycles. The minimum absolute atomic E-state index is 0.131. The van der Waals surface area contributed by atoms with Crippen LogP contribution >= 0.6 is 0 Å². The Labute approximate surface area is 364 Å². The fourth-order valence-corrected chi connectivity index (χ4v) is 8.58. The summed E-state index contributed by atoms with van der Waals surface area (Å²) in [7, 11) is 0. The number of ether oxygens (including phenoxy) is 2. The van der Waals surface area contributed by atoms with Crippen molar-refractivity contribution >= 4 is 5.91 Å². The number of aliphatic hydroxyl groups excluding tert-OH is 5. The van der Waals surface area contributed by atoms with Crippen molar-refractivity contribution in [3.05, 3.63) is 0 Å². The van der Waals surface area contributed by atoms with Crippen molar-refractivity contribution in [2.45, 2.75) is 301 Å². The highest BCUT2D eigenvalue weighted by Crippen LogP contribution is 2.23. The largest absolute Gasteiger partial charge is 0.394 e. The summed E-state index contributed by atoms with van der Waals surface area (Å²) in [4.78, 5) is 13.0. The van der Waals surface area contributed by atoms with E-state index >= 15 is 0 Å². The molecule has 9 nitrogen and oxygen atoms in total. The number of carbonyl (C=O) groups is 1. The first-order valence-electron chi connectivity index (χ1n) is 25.7. The molecule has 0 radical (unpaired) electrons. The third-order valence-corrected chi connectivity index (χ3v) is 12.7. The van der Waals surface area contributed by atoms with Crippen LogP contribution in [0.3, 0.4) is 0 Å². The Hall–Kier alpha value is -0.810. The molecule has 0 saturated carbocycles. The molecule has 0 spiro atoms. The zero-order valence-corrected chi connectivity index (χ0v) is 38.8. The summed E-state index contributed by atoms with van der Waals surface area (Å²) >= 11 is 0. The first-order valence-corrected chi connectivity index (χ1v) is 25.7. The first-order chi connectivity index (χ1) is 28.8. The van der Waals surface area contributed by atoms with Crippen molar-refractivity contribution in [1.29, 1.82) is 0 Å². The van der Waals surface area contributed by atoms with Crippen LogP contribution in [0, 0.1) is 0 Å². The van der Waals surface area contributed by atoms with Crippen LogP contribution in [-0.2, 0) is 14.3 Å². The standard InChI is InChI=1S/C50H99NO8/c1-3-5-7-9-11-13-15-17-19-20-21-22-23-24-26-28-30-32-34-36-38-40-46(54)51-43(42-58-50-49(57)48(56)47(55)45(41-52)59-50)44(53)39-37-35-33-31-29-27-25-18-16-14-12-10-8-6-4-2/h43-45,47-50,52-53,55-57H,3-42H2,1-2H3,(H,51,54). The van der Waals surface area contributed by atoms with Crippen molar-refractivity contribution in [1.82, 2.24) is 5.32 Å². The van der Waals surface area contributed by atoms with Gasteiger partial charge in [0.1, 0.15) is 24.4 Å². The van der Waals surface area contributed by atoms with Gasteiger partial charge in [-0.05, 0) is 12.8 Å². The van der Waals surface area contributed by atoms with Gasteiger partial charge in [-0.15, -0.1) is 0 Å². The fraction of sp³-hybridized carbons (Fsp3) is 0.980. The molecule has 1 saturated heterocycles. The highest BCUT2D eigenvalue weighted by Gasteiger charge is 2.44. The van der Waals surface area contributed by atoms with E-state index in [1.807, 2.05) is 0 Å². The Morgan fingerprint density at radius 1 is 0.508 bits per heavy atom. The van der Waals surface area contributed by atoms with Crippen molar-refractivity contribution in [3.63, 3.8) is 0 Å². The molecule has 6 N–H and O–H groups in total. The van der Waals surface area contributed by atoms with E-state index in [0.29, 0.717) is 12.8 Å². The second-order valence-electron chi connectivity index (χ2n) is 18.3. The first kappa shape index (κ1) is 56.2. The Morgan fingerprint density at radius 3 is 1.20 bits per heavy atom. The second-order valence-corrected chi connectivity index (χ2v) is 18.3. The quantitative estimate of drug-likeness (QED) is 0.0332. The molecule has 1 fully saturated rings. The molecule has 1 amide bonds. The molecule has 0 aromatic heterocycles. The highest BCUT2D eigenvalue weighted by molar-refractivity contribution is 5.76. The van der Waals surface area contributed by atoms with Crippen LogP contribution < -0.4 is 5.32 Å². The molecule has 352 valence electrons. The number of amides is 1. The molecule has 1 aliphatic heterocycles. The van der Waals surface area contributed by atoms with E-state index in [1.165, 1.54) is 193 Å². The van der Waals surface area contributed by atoms with Gasteiger partial charge in [-0.25, -0.2) is 0 Å². The number of aliphatic hydroxyl groups is 5. The maximum atomic E-state index is 13.0. The van der Waals surface area contributed by atoms with Gasteiger partial charge in [0.25, 0.3) is 0 Å². The van der Waals surface area contributed by atoms with Crippen LogP contribution in [-0.4, -0.2) is 87.5 Å². The topological polar surface area (TPSA) is 149 Å². The average Bonchev–Trinajstić information content (AvgIpc) is 3.23. The van der Waals surface area contributed by atoms with Crippen LogP contribution in [0.15, 0.2) is 0 Å². The van der Waals surface area contributed by atoms with Crippen molar-refractivity contribution in [2.75, 3.05) is 13.2 Å². The third-order valence-electron chi connectivity index (χ3n) is 12.7. The molecule has 1 heterocycles. The van der Waals surface area contributed by atoms with E-state index in [4.69, 9.17) is 9.47 Å². The lowest BCUT2D eigenvalue weighted by molar-refractivity contribution is -0.302. The summed E-state index contributed by atoms with van der Waals surface area (Å²) in [5.41, 5.74) is 0. The summed E-state index contributed by atoms with van der Waals surface area (Å²) in [6.45, 7) is 3.87. The van der Waals surface area contributed by atoms with Crippen LogP contribution in [0.4, 0.5) is 0 Å². The Balaban J connectivity index is 2.24. The van der Waals surface area contributed by atoms with Gasteiger partial charge in [-0.1, -0.05) is 239 Å². The van der Waals surface area contributed by atoms with Gasteiger partial charge in [-0.3, -0.25) is 4.79 Å². The van der Waals surface area contributed by atoms with Crippen molar-refractivity contribution < 1.29 is 39.8 Å². The van der Waals surface area contributed by atoms with Gasteiger partial charge in [-0.2, -0.15) is 0 Å². The lowest BCUT2D eigenvalue weighted by atomic mass is 9.99. The summed E-state index contributed by atoms with van der Waals surface area (Å²) in [5, 5.41) is 54.5. The normalized spacial score (nSPS) is 20.6. The van der Waals surface area contributed by atoms with Gasteiger partial charge in [0.2, 0.25) is 5.91 Å². The number of carbonyl (C=O) groups excluding carboxylic acids is 1. The summed E-state index contributed by atoms with van der Waals surface area (Å²) < 4.78 is 11.3. The summed E-state index contributed by atoms with van der Waals surface area (Å²) in [6, 6.07) is -0.712. The number of unbranched alkanes of at least 4 members (excludes halogenated alkanes) is 34. The van der Waals surface area contributed by atoms with E-state index < -0.39 is 49.5 Å². The minimum atomic E-state index is -1.55. The second kappa shape index (κ2) is 41.2. The molecule has 59 heavy (non-hydrogen) atoms. The highest BCUT2D eigenvalue weighted by atomic mass is 16.7. The molecule has 7 unspecified atom stereocenters. The number of hydrogen-bond acceptors (Lipinski definition) is 8. The Kier molecular flexibility index (Phi) is 39.3. The van der Waals surface area contributed by atoms with Gasteiger partial charge in [0.15, 0.2) is 6.29 Å². The Bertz CT molecular complexity index is 893. The minimum Gasteiger partial charge on any atom is -0.394 e. The van der Waals surface area contributed by atoms with Gasteiger partial charge < -0.3 is 40.3 Å². The molecule has 1 aliphatic rings. The van der Waals surface area contributed by atoms with E-state index in [0.717, 1.165) is 38.5 Å². The third kappa shape index (κ3) is 31.6. The SMILES string of the molecule is CCCCCCCCCCCCCCCCCCCCCCCC(=O)NC(COC1OC(CO)C(O)C(O)C1O)C(O)CCCCCCCCCCCCCCCCC. The lowest BCUT2D eigenvalue weighted by Crippen LogP contribution is -2.60. The van der Waals surface area contributed by atoms with E-state index in [1.54, 1.807) is 0 Å². The number of rotatable bonds is 44. The van der Waals surface area contributed by atoms with Crippen molar-refractivity contribution in [3.8, 4) is 0 Å². The van der Waals surface area contributed by atoms with Gasteiger partial charge >= 0.3 is 0 Å². The van der Waals surface area contributed by atoms with E-state index in [-0.39, 0.29) is 12.5 Å². The van der Waals surface area contributed by atoms with Crippen LogP contribution in [0.2, 0.25) is 0 Å². The monoisotopic (exact) mass is 842 g/mol. The van der Waals surface area contributed by atoms with Gasteiger partial charge in [0, 0.05) is 6.42 Å². The lowest BCUT2D eigenvalue weighted by Gasteiger charge is -2.40. The number of nitrogens with one attached hydrogen (secondary N) is 1. The van der Waals surface area contributed by atoms with Crippen LogP contribution in [0.5, 0.6) is 0 Å². The number of hydrogen-bond donors (Lipinski definition) is 6. The maximum absolute atomic E-state index is 13.0. The zero-order valence-electron chi connectivity index (χ0n) is 38.8. The average molecular weight is 842 g/mol. The molecule has 0 aliphatic carbocycles. The van der Waals surface area contributed by atoms with E-state index in [9.17, 15) is 30.3 Å². The van der Waals surface area contributed by atoms with Gasteiger partial charge in [0.05, 0.1) is 25.4 Å². The molecule has 0 aromatic rings. The molecular weight excluding hydrogens is 743 g/mol. The Morgan fingerprint density at radius 2 is 0.847 bits per heavy atom. The summed E-state index contributed by atoms with van der Waals surface area (Å²) in [5.74, 6) is -0.138. The molecule has 7 atom stereocenters. The summed E-state index contributed by atoms with van der Waals surface area (Å²) in [6.07, 6.45) is 39.7. The van der Waals surface area contributed by atoms with E-state index in [2.05, 4.69) is 19.2 Å². The maximum Gasteiger partial charge on any atom is 0.220 e. The van der Waals surface area contributed by atoms with Crippen molar-refractivity contribution in [2.24, 2.45) is 0 Å². The zero-order chi connectivity index (χ0) is 43.0. The predicted molar refractivity (Wildman–Crippen MR) is 244 cm³/mol.